The highest BCUT2D eigenvalue weighted by Gasteiger charge is 2.27. The molecule has 5 nitrogen and oxygen atoms in total. The molecule has 0 amide bonds. The van der Waals surface area contributed by atoms with Gasteiger partial charge >= 0.3 is 0 Å². The molecular weight excluding hydrogens is 334 g/mol. The van der Waals surface area contributed by atoms with Gasteiger partial charge in [0.15, 0.2) is 5.82 Å². The van der Waals surface area contributed by atoms with E-state index in [4.69, 9.17) is 16.6 Å². The van der Waals surface area contributed by atoms with Crippen molar-refractivity contribution in [1.29, 1.82) is 0 Å². The Labute approximate surface area is 150 Å². The van der Waals surface area contributed by atoms with E-state index in [2.05, 4.69) is 38.7 Å². The largest absolute Gasteiger partial charge is 0.336 e. The van der Waals surface area contributed by atoms with E-state index in [0.29, 0.717) is 10.9 Å². The van der Waals surface area contributed by atoms with Gasteiger partial charge in [0.1, 0.15) is 5.69 Å². The topological polar surface area (TPSA) is 66.0 Å². The number of aromatic nitrogens is 3. The highest BCUT2D eigenvalue weighted by molar-refractivity contribution is 6.36. The molecule has 0 unspecified atom stereocenters. The second-order valence-electron chi connectivity index (χ2n) is 6.57. The lowest BCUT2D eigenvalue weighted by atomic mass is 9.98. The number of aromatic amines is 1. The van der Waals surface area contributed by atoms with Crippen molar-refractivity contribution in [3.8, 4) is 0 Å². The summed E-state index contributed by atoms with van der Waals surface area (Å²) in [6, 6.07) is 8.33. The monoisotopic (exact) mass is 349 g/mol. The van der Waals surface area contributed by atoms with E-state index in [1.807, 2.05) is 6.92 Å². The summed E-state index contributed by atoms with van der Waals surface area (Å²) >= 11 is 6.45. The second kappa shape index (κ2) is 5.43. The predicted octanol–water partition coefficient (Wildman–Crippen LogP) is 4.87. The Morgan fingerprint density at radius 3 is 2.84 bits per heavy atom. The van der Waals surface area contributed by atoms with Crippen LogP contribution < -0.4 is 5.32 Å². The lowest BCUT2D eigenvalue weighted by Crippen LogP contribution is -2.07. The lowest BCUT2D eigenvalue weighted by molar-refractivity contribution is 1.05. The Hall–Kier alpha value is -2.66. The molecule has 124 valence electrons. The van der Waals surface area contributed by atoms with Gasteiger partial charge in [0.25, 0.3) is 0 Å². The summed E-state index contributed by atoms with van der Waals surface area (Å²) < 4.78 is 0. The number of pyridine rings is 1. The molecule has 25 heavy (non-hydrogen) atoms. The summed E-state index contributed by atoms with van der Waals surface area (Å²) in [5.41, 5.74) is 6.73. The fraction of sp³-hybridized carbons (Fsp3) is 0.211. The van der Waals surface area contributed by atoms with Gasteiger partial charge in [-0.1, -0.05) is 23.7 Å². The van der Waals surface area contributed by atoms with Crippen LogP contribution in [0.1, 0.15) is 41.1 Å². The molecule has 6 heteroatoms. The van der Waals surface area contributed by atoms with Crippen molar-refractivity contribution in [2.24, 2.45) is 4.99 Å². The summed E-state index contributed by atoms with van der Waals surface area (Å²) in [4.78, 5) is 9.13. The number of aryl methyl sites for hydroxylation is 1. The number of halogens is 1. The van der Waals surface area contributed by atoms with E-state index in [0.717, 1.165) is 39.7 Å². The van der Waals surface area contributed by atoms with Crippen LogP contribution in [-0.4, -0.2) is 20.9 Å². The molecule has 5 rings (SSSR count). The van der Waals surface area contributed by atoms with Crippen LogP contribution in [0.25, 0.3) is 0 Å². The van der Waals surface area contributed by atoms with E-state index >= 15 is 0 Å². The molecule has 3 aromatic rings. The van der Waals surface area contributed by atoms with Gasteiger partial charge in [0.2, 0.25) is 0 Å². The van der Waals surface area contributed by atoms with E-state index in [-0.39, 0.29) is 0 Å². The number of aliphatic imine (C=N–C) groups is 1. The molecule has 0 radical (unpaired) electrons. The quantitative estimate of drug-likeness (QED) is 0.542. The molecule has 1 aliphatic heterocycles. The van der Waals surface area contributed by atoms with E-state index in [9.17, 15) is 0 Å². The van der Waals surface area contributed by atoms with Gasteiger partial charge in [-0.3, -0.25) is 10.1 Å². The van der Waals surface area contributed by atoms with Crippen molar-refractivity contribution in [3.05, 3.63) is 64.1 Å². The Kier molecular flexibility index (Phi) is 3.18. The zero-order valence-corrected chi connectivity index (χ0v) is 14.4. The first kappa shape index (κ1) is 14.7. The number of hydrogen-bond donors (Lipinski definition) is 2. The molecule has 0 spiro atoms. The number of hydrogen-bond acceptors (Lipinski definition) is 4. The third kappa shape index (κ3) is 2.43. The van der Waals surface area contributed by atoms with Gasteiger partial charge in [-0.2, -0.15) is 5.10 Å². The van der Waals surface area contributed by atoms with Crippen molar-refractivity contribution in [1.82, 2.24) is 15.2 Å². The standard InChI is InChI=1S/C19H16ClN5/c1-10-17-19(25-24-10)22-16-8-12(11-2-3-11)4-5-13(16)18(23-17)14-9-21-7-6-15(14)20/h4-9,11H,2-3H2,1H3,(H2,22,24,25). The predicted molar refractivity (Wildman–Crippen MR) is 99.6 cm³/mol. The molecule has 2 aromatic heterocycles. The smallest absolute Gasteiger partial charge is 0.178 e. The van der Waals surface area contributed by atoms with Gasteiger partial charge < -0.3 is 5.32 Å². The number of anilines is 2. The maximum absolute atomic E-state index is 6.45. The highest BCUT2D eigenvalue weighted by Crippen LogP contribution is 2.43. The molecule has 1 fully saturated rings. The summed E-state index contributed by atoms with van der Waals surface area (Å²) in [7, 11) is 0. The fourth-order valence-electron chi connectivity index (χ4n) is 3.25. The Balaban J connectivity index is 1.76. The molecule has 1 aliphatic carbocycles. The number of nitrogens with zero attached hydrogens (tertiary/aromatic N) is 3. The van der Waals surface area contributed by atoms with Crippen LogP contribution in [0.4, 0.5) is 17.2 Å². The van der Waals surface area contributed by atoms with Crippen LogP contribution in [0, 0.1) is 6.92 Å². The maximum atomic E-state index is 6.45. The van der Waals surface area contributed by atoms with Crippen molar-refractivity contribution < 1.29 is 0 Å². The van der Waals surface area contributed by atoms with E-state index < -0.39 is 0 Å². The second-order valence-corrected chi connectivity index (χ2v) is 6.97. The van der Waals surface area contributed by atoms with Crippen molar-refractivity contribution in [2.75, 3.05) is 5.32 Å². The molecule has 0 atom stereocenters. The zero-order chi connectivity index (χ0) is 17.0. The van der Waals surface area contributed by atoms with E-state index in [1.165, 1.54) is 18.4 Å². The van der Waals surface area contributed by atoms with Crippen LogP contribution in [-0.2, 0) is 0 Å². The molecule has 0 bridgehead atoms. The maximum Gasteiger partial charge on any atom is 0.178 e. The zero-order valence-electron chi connectivity index (χ0n) is 13.7. The average Bonchev–Trinajstić information content (AvgIpc) is 3.42. The number of rotatable bonds is 2. The SMILES string of the molecule is Cc1[nH]nc2c1N=C(c1cnccc1Cl)c1ccc(C3CC3)cc1N2. The fourth-order valence-corrected chi connectivity index (χ4v) is 3.44. The van der Waals surface area contributed by atoms with Gasteiger partial charge in [0.05, 0.1) is 16.4 Å². The summed E-state index contributed by atoms with van der Waals surface area (Å²) in [6.07, 6.45) is 5.98. The minimum atomic E-state index is 0.635. The van der Waals surface area contributed by atoms with Crippen LogP contribution in [0.3, 0.4) is 0 Å². The molecule has 3 heterocycles. The van der Waals surface area contributed by atoms with Crippen molar-refractivity contribution in [2.45, 2.75) is 25.7 Å². The van der Waals surface area contributed by atoms with Gasteiger partial charge in [-0.15, -0.1) is 0 Å². The van der Waals surface area contributed by atoms with Gasteiger partial charge in [0, 0.05) is 29.2 Å². The first-order chi connectivity index (χ1) is 12.2. The molecular formula is C19H16ClN5. The molecule has 2 aliphatic rings. The minimum Gasteiger partial charge on any atom is -0.336 e. The highest BCUT2D eigenvalue weighted by atomic mass is 35.5. The summed E-state index contributed by atoms with van der Waals surface area (Å²) in [6.45, 7) is 1.96. The van der Waals surface area contributed by atoms with Crippen LogP contribution in [0.15, 0.2) is 41.7 Å². The molecule has 2 N–H and O–H groups in total. The Bertz CT molecular complexity index is 1020. The third-order valence-corrected chi connectivity index (χ3v) is 5.09. The molecule has 0 saturated heterocycles. The normalized spacial score (nSPS) is 15.7. The van der Waals surface area contributed by atoms with Crippen molar-refractivity contribution in [3.63, 3.8) is 0 Å². The van der Waals surface area contributed by atoms with Crippen LogP contribution in [0.5, 0.6) is 0 Å². The first-order valence-corrected chi connectivity index (χ1v) is 8.73. The van der Waals surface area contributed by atoms with Crippen LogP contribution in [0.2, 0.25) is 5.02 Å². The Morgan fingerprint density at radius 1 is 1.16 bits per heavy atom. The van der Waals surface area contributed by atoms with Gasteiger partial charge in [-0.05, 0) is 43.4 Å². The lowest BCUT2D eigenvalue weighted by Gasteiger charge is -2.13. The van der Waals surface area contributed by atoms with Crippen molar-refractivity contribution >= 4 is 34.5 Å². The summed E-state index contributed by atoms with van der Waals surface area (Å²) in [5, 5.41) is 11.5. The van der Waals surface area contributed by atoms with Gasteiger partial charge in [-0.25, -0.2) is 4.99 Å². The molecule has 1 aromatic carbocycles. The minimum absolute atomic E-state index is 0.635. The number of benzene rings is 1. The first-order valence-electron chi connectivity index (χ1n) is 8.35. The average molecular weight is 350 g/mol. The number of nitrogens with one attached hydrogen (secondary N) is 2. The third-order valence-electron chi connectivity index (χ3n) is 4.76. The Morgan fingerprint density at radius 2 is 2.04 bits per heavy atom. The summed E-state index contributed by atoms with van der Waals surface area (Å²) in [5.74, 6) is 1.42. The number of H-pyrrole nitrogens is 1. The van der Waals surface area contributed by atoms with Crippen LogP contribution >= 0.6 is 11.6 Å². The number of fused-ring (bicyclic) bond motifs is 2. The van der Waals surface area contributed by atoms with E-state index in [1.54, 1.807) is 18.5 Å². The molecule has 1 saturated carbocycles.